The third-order valence-electron chi connectivity index (χ3n) is 1.69. The topological polar surface area (TPSA) is 66.6 Å². The van der Waals surface area contributed by atoms with Crippen LogP contribution in [0.2, 0.25) is 0 Å². The molecule has 0 aliphatic carbocycles. The van der Waals surface area contributed by atoms with Gasteiger partial charge in [0.05, 0.1) is 10.5 Å². The summed E-state index contributed by atoms with van der Waals surface area (Å²) >= 11 is 0. The van der Waals surface area contributed by atoms with Gasteiger partial charge in [-0.05, 0) is 13.8 Å². The molecule has 1 rings (SSSR count). The first-order chi connectivity index (χ1) is 5.43. The highest BCUT2D eigenvalue weighted by Gasteiger charge is 2.28. The first-order valence-electron chi connectivity index (χ1n) is 3.47. The fourth-order valence-electron chi connectivity index (χ4n) is 0.929. The lowest BCUT2D eigenvalue weighted by Crippen LogP contribution is -2.38. The minimum absolute atomic E-state index is 0.00491. The Kier molecular flexibility index (Phi) is 1.89. The summed E-state index contributed by atoms with van der Waals surface area (Å²) in [6.07, 6.45) is 3.93. The van der Waals surface area contributed by atoms with Crippen molar-refractivity contribution in [3.63, 3.8) is 0 Å². The van der Waals surface area contributed by atoms with Crippen LogP contribution < -0.4 is 0 Å². The molecule has 1 heterocycles. The molecular formula is C7H10N2O3. The highest BCUT2D eigenvalue weighted by molar-refractivity contribution is 5.21. The van der Waals surface area contributed by atoms with Gasteiger partial charge in [-0.1, -0.05) is 0 Å². The Morgan fingerprint density at radius 1 is 1.67 bits per heavy atom. The van der Waals surface area contributed by atoms with Crippen LogP contribution in [0.5, 0.6) is 0 Å². The first kappa shape index (κ1) is 8.73. The lowest BCUT2D eigenvalue weighted by Gasteiger charge is -2.30. The lowest BCUT2D eigenvalue weighted by molar-refractivity contribution is -0.420. The number of allylic oxidation sites excluding steroid dienone is 1. The van der Waals surface area contributed by atoms with E-state index in [4.69, 9.17) is 0 Å². The minimum atomic E-state index is -0.711. The second kappa shape index (κ2) is 2.60. The maximum absolute atomic E-state index is 10.3. The van der Waals surface area contributed by atoms with Crippen LogP contribution in [0.1, 0.15) is 13.8 Å². The van der Waals surface area contributed by atoms with E-state index < -0.39 is 10.5 Å². The number of nitro groups is 1. The molecule has 0 amide bonds. The van der Waals surface area contributed by atoms with E-state index in [-0.39, 0.29) is 5.70 Å². The first-order valence-corrected chi connectivity index (χ1v) is 3.47. The van der Waals surface area contributed by atoms with Crippen molar-refractivity contribution in [2.75, 3.05) is 0 Å². The van der Waals surface area contributed by atoms with Gasteiger partial charge in [0.2, 0.25) is 0 Å². The van der Waals surface area contributed by atoms with Gasteiger partial charge in [-0.25, -0.2) is 0 Å². The van der Waals surface area contributed by atoms with Crippen molar-refractivity contribution in [2.24, 2.45) is 0 Å². The SMILES string of the molecule is CC1(C)C=C([N+](=O)[O-])C=CN1O. The third kappa shape index (κ3) is 1.45. The molecule has 1 aliphatic heterocycles. The predicted octanol–water partition coefficient (Wildman–Crippen LogP) is 1.14. The highest BCUT2D eigenvalue weighted by Crippen LogP contribution is 2.21. The summed E-state index contributed by atoms with van der Waals surface area (Å²) in [6.45, 7) is 3.36. The van der Waals surface area contributed by atoms with Crippen LogP contribution >= 0.6 is 0 Å². The van der Waals surface area contributed by atoms with Gasteiger partial charge in [0.1, 0.15) is 0 Å². The van der Waals surface area contributed by atoms with Crippen LogP contribution in [0.15, 0.2) is 24.0 Å². The Labute approximate surface area is 69.7 Å². The summed E-state index contributed by atoms with van der Waals surface area (Å²) in [5.41, 5.74) is -0.706. The van der Waals surface area contributed by atoms with E-state index in [0.717, 1.165) is 5.06 Å². The van der Waals surface area contributed by atoms with Crippen molar-refractivity contribution in [3.8, 4) is 0 Å². The van der Waals surface area contributed by atoms with Gasteiger partial charge >= 0.3 is 0 Å². The summed E-state index contributed by atoms with van der Waals surface area (Å²) in [5.74, 6) is 0. The molecule has 66 valence electrons. The molecule has 0 atom stereocenters. The van der Waals surface area contributed by atoms with Gasteiger partial charge in [0.15, 0.2) is 0 Å². The zero-order chi connectivity index (χ0) is 9.35. The molecule has 0 radical (unpaired) electrons. The summed E-state index contributed by atoms with van der Waals surface area (Å²) in [4.78, 5) is 9.85. The summed E-state index contributed by atoms with van der Waals surface area (Å²) in [6, 6.07) is 0. The second-order valence-corrected chi connectivity index (χ2v) is 3.14. The van der Waals surface area contributed by atoms with E-state index in [0.29, 0.717) is 0 Å². The summed E-state index contributed by atoms with van der Waals surface area (Å²) in [7, 11) is 0. The van der Waals surface area contributed by atoms with Crippen molar-refractivity contribution in [3.05, 3.63) is 34.2 Å². The van der Waals surface area contributed by atoms with Gasteiger partial charge in [-0.2, -0.15) is 0 Å². The predicted molar refractivity (Wildman–Crippen MR) is 41.9 cm³/mol. The summed E-state index contributed by atoms with van der Waals surface area (Å²) < 4.78 is 0. The normalized spacial score (nSPS) is 20.6. The Bertz CT molecular complexity index is 268. The van der Waals surface area contributed by atoms with Gasteiger partial charge in [-0.15, -0.1) is 0 Å². The number of hydrogen-bond donors (Lipinski definition) is 1. The number of hydrogen-bond acceptors (Lipinski definition) is 4. The maximum atomic E-state index is 10.3. The Balaban J connectivity index is 2.97. The summed E-state index contributed by atoms with van der Waals surface area (Å²) in [5, 5.41) is 20.5. The Hall–Kier alpha value is -1.36. The zero-order valence-electron chi connectivity index (χ0n) is 6.89. The van der Waals surface area contributed by atoms with Gasteiger partial charge in [-0.3, -0.25) is 20.4 Å². The fraction of sp³-hybridized carbons (Fsp3) is 0.429. The fourth-order valence-corrected chi connectivity index (χ4v) is 0.929. The van der Waals surface area contributed by atoms with Crippen LogP contribution in [-0.4, -0.2) is 20.7 Å². The van der Waals surface area contributed by atoms with E-state index in [1.165, 1.54) is 18.4 Å². The quantitative estimate of drug-likeness (QED) is 0.473. The van der Waals surface area contributed by atoms with Gasteiger partial charge < -0.3 is 0 Å². The molecule has 0 fully saturated rings. The van der Waals surface area contributed by atoms with Crippen molar-refractivity contribution >= 4 is 0 Å². The average Bonchev–Trinajstić information content (AvgIpc) is 1.94. The zero-order valence-corrected chi connectivity index (χ0v) is 6.89. The standard InChI is InChI=1S/C7H10N2O3/c1-7(2)5-6(9(11)12)3-4-8(7)10/h3-5,10H,1-2H3. The molecule has 0 bridgehead atoms. The van der Waals surface area contributed by atoms with Crippen molar-refractivity contribution in [1.29, 1.82) is 0 Å². The van der Waals surface area contributed by atoms with Gasteiger partial charge in [0.25, 0.3) is 5.70 Å². The molecule has 0 aromatic heterocycles. The monoisotopic (exact) mass is 170 g/mol. The smallest absolute Gasteiger partial charge is 0.269 e. The van der Waals surface area contributed by atoms with Crippen molar-refractivity contribution in [2.45, 2.75) is 19.4 Å². The molecule has 1 aliphatic rings. The maximum Gasteiger partial charge on any atom is 0.269 e. The van der Waals surface area contributed by atoms with Gasteiger partial charge in [0, 0.05) is 18.4 Å². The van der Waals surface area contributed by atoms with Crippen LogP contribution in [0.25, 0.3) is 0 Å². The van der Waals surface area contributed by atoms with Crippen LogP contribution in [0, 0.1) is 10.1 Å². The van der Waals surface area contributed by atoms with E-state index in [9.17, 15) is 15.3 Å². The second-order valence-electron chi connectivity index (χ2n) is 3.14. The number of rotatable bonds is 1. The minimum Gasteiger partial charge on any atom is -0.288 e. The molecule has 0 aromatic carbocycles. The Morgan fingerprint density at radius 3 is 2.67 bits per heavy atom. The van der Waals surface area contributed by atoms with Crippen LogP contribution in [0.3, 0.4) is 0 Å². The number of hydroxylamine groups is 2. The van der Waals surface area contributed by atoms with E-state index in [1.807, 2.05) is 0 Å². The number of nitrogens with zero attached hydrogens (tertiary/aromatic N) is 2. The average molecular weight is 170 g/mol. The molecule has 12 heavy (non-hydrogen) atoms. The largest absolute Gasteiger partial charge is 0.288 e. The van der Waals surface area contributed by atoms with Crippen molar-refractivity contribution in [1.82, 2.24) is 5.06 Å². The third-order valence-corrected chi connectivity index (χ3v) is 1.69. The molecule has 0 aromatic rings. The lowest BCUT2D eigenvalue weighted by atomic mass is 10.0. The Morgan fingerprint density at radius 2 is 2.25 bits per heavy atom. The van der Waals surface area contributed by atoms with E-state index >= 15 is 0 Å². The molecule has 0 spiro atoms. The molecule has 0 saturated heterocycles. The van der Waals surface area contributed by atoms with Crippen molar-refractivity contribution < 1.29 is 10.1 Å². The molecular weight excluding hydrogens is 160 g/mol. The van der Waals surface area contributed by atoms with E-state index in [2.05, 4.69) is 0 Å². The molecule has 5 heteroatoms. The molecule has 1 N–H and O–H groups in total. The highest BCUT2D eigenvalue weighted by atomic mass is 16.6. The molecule has 0 unspecified atom stereocenters. The van der Waals surface area contributed by atoms with Crippen LogP contribution in [-0.2, 0) is 0 Å². The van der Waals surface area contributed by atoms with E-state index in [1.54, 1.807) is 13.8 Å². The molecule has 0 saturated carbocycles. The van der Waals surface area contributed by atoms with Crippen LogP contribution in [0.4, 0.5) is 0 Å². The molecule has 5 nitrogen and oxygen atoms in total.